The van der Waals surface area contributed by atoms with Crippen LogP contribution < -0.4 is 0 Å². The van der Waals surface area contributed by atoms with Gasteiger partial charge in [0.15, 0.2) is 11.3 Å². The number of hydrogen-bond donors (Lipinski definition) is 1. The van der Waals surface area contributed by atoms with Crippen LogP contribution in [0.5, 0.6) is 5.75 Å². The van der Waals surface area contributed by atoms with Crippen LogP contribution in [0.15, 0.2) is 156 Å². The van der Waals surface area contributed by atoms with E-state index in [1.165, 1.54) is 38.2 Å². The summed E-state index contributed by atoms with van der Waals surface area (Å²) in [5.41, 5.74) is 8.36. The van der Waals surface area contributed by atoms with Gasteiger partial charge in [-0.2, -0.15) is 0 Å². The Morgan fingerprint density at radius 1 is 0.333 bits per heavy atom. The van der Waals surface area contributed by atoms with E-state index in [1.54, 1.807) is 6.07 Å². The monoisotopic (exact) mass is 538 g/mol. The Morgan fingerprint density at radius 3 is 1.26 bits per heavy atom. The first-order valence-electron chi connectivity index (χ1n) is 14.2. The molecule has 0 atom stereocenters. The molecule has 2 heteroatoms. The molecule has 0 aliphatic heterocycles. The lowest BCUT2D eigenvalue weighted by molar-refractivity contribution is 0.466. The van der Waals surface area contributed by atoms with E-state index < -0.39 is 0 Å². The van der Waals surface area contributed by atoms with Gasteiger partial charge in [0.05, 0.1) is 0 Å². The number of furan rings is 1. The highest BCUT2D eigenvalue weighted by atomic mass is 16.4. The van der Waals surface area contributed by atoms with Gasteiger partial charge in [0.2, 0.25) is 0 Å². The fraction of sp³-hybridized carbons (Fsp3) is 0. The number of para-hydroxylation sites is 1. The zero-order valence-electron chi connectivity index (χ0n) is 22.8. The van der Waals surface area contributed by atoms with Crippen LogP contribution in [0.25, 0.3) is 77.2 Å². The van der Waals surface area contributed by atoms with Crippen molar-refractivity contribution in [3.8, 4) is 50.5 Å². The lowest BCUT2D eigenvalue weighted by Crippen LogP contribution is -1.90. The summed E-state index contributed by atoms with van der Waals surface area (Å²) in [6.45, 7) is 0. The molecule has 8 aromatic rings. The average molecular weight is 539 g/mol. The molecule has 0 fully saturated rings. The van der Waals surface area contributed by atoms with Crippen LogP contribution in [0.1, 0.15) is 0 Å². The topological polar surface area (TPSA) is 33.4 Å². The first-order chi connectivity index (χ1) is 20.8. The summed E-state index contributed by atoms with van der Waals surface area (Å²) < 4.78 is 6.31. The molecule has 0 aliphatic rings. The zero-order chi connectivity index (χ0) is 28.0. The van der Waals surface area contributed by atoms with Gasteiger partial charge in [0.1, 0.15) is 5.76 Å². The fourth-order valence-electron chi connectivity index (χ4n) is 6.34. The SMILES string of the molecule is Oc1cccc2c(-c3ccc(-c4c5ccccc5c(-c5ccccc5)c5ccccc45)cc3)c(-c3ccccc3)oc12. The zero-order valence-corrected chi connectivity index (χ0v) is 22.8. The summed E-state index contributed by atoms with van der Waals surface area (Å²) in [4.78, 5) is 0. The molecule has 198 valence electrons. The Morgan fingerprint density at radius 2 is 0.738 bits per heavy atom. The van der Waals surface area contributed by atoms with Gasteiger partial charge >= 0.3 is 0 Å². The van der Waals surface area contributed by atoms with Crippen LogP contribution in [0, 0.1) is 0 Å². The smallest absolute Gasteiger partial charge is 0.177 e. The van der Waals surface area contributed by atoms with Gasteiger partial charge in [-0.25, -0.2) is 0 Å². The molecule has 42 heavy (non-hydrogen) atoms. The van der Waals surface area contributed by atoms with Crippen molar-refractivity contribution in [2.45, 2.75) is 0 Å². The lowest BCUT2D eigenvalue weighted by Gasteiger charge is -2.18. The number of phenolic OH excluding ortho intramolecular Hbond substituents is 1. The van der Waals surface area contributed by atoms with Crippen LogP contribution in [-0.2, 0) is 0 Å². The fourth-order valence-corrected chi connectivity index (χ4v) is 6.34. The molecule has 0 saturated heterocycles. The molecule has 0 bridgehead atoms. The molecule has 0 radical (unpaired) electrons. The molecule has 1 heterocycles. The number of aromatic hydroxyl groups is 1. The van der Waals surface area contributed by atoms with E-state index in [0.29, 0.717) is 5.58 Å². The number of benzene rings is 7. The van der Waals surface area contributed by atoms with Gasteiger partial charge in [-0.15, -0.1) is 0 Å². The third-order valence-electron chi connectivity index (χ3n) is 8.19. The summed E-state index contributed by atoms with van der Waals surface area (Å²) in [7, 11) is 0. The lowest BCUT2D eigenvalue weighted by atomic mass is 9.85. The van der Waals surface area contributed by atoms with Gasteiger partial charge < -0.3 is 9.52 Å². The predicted molar refractivity (Wildman–Crippen MR) is 175 cm³/mol. The van der Waals surface area contributed by atoms with Gasteiger partial charge in [-0.05, 0) is 55.4 Å². The Hall–Kier alpha value is -5.60. The van der Waals surface area contributed by atoms with Gasteiger partial charge in [0.25, 0.3) is 0 Å². The van der Waals surface area contributed by atoms with Crippen LogP contribution in [0.4, 0.5) is 0 Å². The van der Waals surface area contributed by atoms with Crippen LogP contribution in [0.3, 0.4) is 0 Å². The Kier molecular flexibility index (Phi) is 5.65. The summed E-state index contributed by atoms with van der Waals surface area (Å²) in [5, 5.41) is 16.4. The van der Waals surface area contributed by atoms with Crippen molar-refractivity contribution in [3.63, 3.8) is 0 Å². The highest BCUT2D eigenvalue weighted by Gasteiger charge is 2.21. The normalized spacial score (nSPS) is 11.4. The van der Waals surface area contributed by atoms with Crippen LogP contribution >= 0.6 is 0 Å². The second-order valence-electron chi connectivity index (χ2n) is 10.6. The Labute approximate surface area is 243 Å². The second-order valence-corrected chi connectivity index (χ2v) is 10.6. The van der Waals surface area contributed by atoms with E-state index in [4.69, 9.17) is 4.42 Å². The summed E-state index contributed by atoms with van der Waals surface area (Å²) in [6.07, 6.45) is 0. The maximum absolute atomic E-state index is 10.6. The highest BCUT2D eigenvalue weighted by molar-refractivity contribution is 6.21. The van der Waals surface area contributed by atoms with E-state index in [2.05, 4.69) is 103 Å². The number of rotatable bonds is 4. The van der Waals surface area contributed by atoms with E-state index in [9.17, 15) is 5.11 Å². The molecular weight excluding hydrogens is 512 g/mol. The maximum atomic E-state index is 10.6. The second kappa shape index (κ2) is 9.79. The van der Waals surface area contributed by atoms with Gasteiger partial charge in [-0.3, -0.25) is 0 Å². The third kappa shape index (κ3) is 3.81. The van der Waals surface area contributed by atoms with Crippen LogP contribution in [-0.4, -0.2) is 5.11 Å². The molecule has 0 amide bonds. The maximum Gasteiger partial charge on any atom is 0.177 e. The minimum absolute atomic E-state index is 0.143. The molecule has 0 spiro atoms. The van der Waals surface area contributed by atoms with E-state index in [0.717, 1.165) is 33.4 Å². The molecule has 0 unspecified atom stereocenters. The average Bonchev–Trinajstić information content (AvgIpc) is 3.45. The van der Waals surface area contributed by atoms with Crippen molar-refractivity contribution in [3.05, 3.63) is 152 Å². The van der Waals surface area contributed by atoms with Gasteiger partial charge in [0, 0.05) is 16.5 Å². The van der Waals surface area contributed by atoms with Crippen LogP contribution in [0.2, 0.25) is 0 Å². The van der Waals surface area contributed by atoms with Gasteiger partial charge in [-0.1, -0.05) is 146 Å². The molecular formula is C40H26O2. The summed E-state index contributed by atoms with van der Waals surface area (Å²) in [5.74, 6) is 0.895. The number of hydrogen-bond acceptors (Lipinski definition) is 2. The first-order valence-corrected chi connectivity index (χ1v) is 14.2. The largest absolute Gasteiger partial charge is 0.504 e. The van der Waals surface area contributed by atoms with E-state index in [-0.39, 0.29) is 5.75 Å². The van der Waals surface area contributed by atoms with Crippen molar-refractivity contribution in [2.24, 2.45) is 0 Å². The first kappa shape index (κ1) is 24.2. The van der Waals surface area contributed by atoms with Crippen molar-refractivity contribution in [2.75, 3.05) is 0 Å². The minimum Gasteiger partial charge on any atom is -0.504 e. The van der Waals surface area contributed by atoms with Crippen molar-refractivity contribution in [1.82, 2.24) is 0 Å². The summed E-state index contributed by atoms with van der Waals surface area (Å²) >= 11 is 0. The number of fused-ring (bicyclic) bond motifs is 3. The number of phenols is 1. The van der Waals surface area contributed by atoms with Crippen molar-refractivity contribution < 1.29 is 9.52 Å². The molecule has 2 nitrogen and oxygen atoms in total. The highest BCUT2D eigenvalue weighted by Crippen LogP contribution is 2.46. The van der Waals surface area contributed by atoms with E-state index >= 15 is 0 Å². The molecule has 8 rings (SSSR count). The predicted octanol–water partition coefficient (Wildman–Crippen LogP) is 11.1. The molecule has 1 aromatic heterocycles. The van der Waals surface area contributed by atoms with Crippen molar-refractivity contribution >= 4 is 32.5 Å². The minimum atomic E-state index is 0.143. The summed E-state index contributed by atoms with van der Waals surface area (Å²) in [6, 6.07) is 52.5. The molecule has 0 aliphatic carbocycles. The Bertz CT molecular complexity index is 2170. The molecule has 7 aromatic carbocycles. The quantitative estimate of drug-likeness (QED) is 0.226. The molecule has 1 N–H and O–H groups in total. The molecule has 0 saturated carbocycles. The third-order valence-corrected chi connectivity index (χ3v) is 8.19. The Balaban J connectivity index is 1.36. The standard InChI is InChI=1S/C40H26O2/c41-35-21-11-20-34-38(39(42-40(34)35)29-14-5-2-6-15-29)28-24-22-27(23-25-28)37-32-18-9-7-16-30(32)36(26-12-3-1-4-13-26)31-17-8-10-19-33(31)37/h1-25,41H. The van der Waals surface area contributed by atoms with Crippen molar-refractivity contribution in [1.29, 1.82) is 0 Å². The van der Waals surface area contributed by atoms with E-state index in [1.807, 2.05) is 42.5 Å².